The number of aromatic nitrogens is 2. The summed E-state index contributed by atoms with van der Waals surface area (Å²) in [7, 11) is 0. The fraction of sp³-hybridized carbons (Fsp3) is 0.562. The van der Waals surface area contributed by atoms with Gasteiger partial charge in [-0.2, -0.15) is 0 Å². The molecule has 2 nitrogen and oxygen atoms in total. The molecule has 114 valence electrons. The van der Waals surface area contributed by atoms with E-state index < -0.39 is 5.82 Å². The normalized spacial score (nSPS) is 18.1. The Morgan fingerprint density at radius 2 is 2.14 bits per heavy atom. The van der Waals surface area contributed by atoms with Crippen LogP contribution in [0.15, 0.2) is 12.1 Å². The lowest BCUT2D eigenvalue weighted by molar-refractivity contribution is 0.387. The number of hydrogen-bond donors (Lipinski definition) is 0. The van der Waals surface area contributed by atoms with E-state index in [1.165, 1.54) is 31.7 Å². The largest absolute Gasteiger partial charge is 0.326 e. The predicted molar refractivity (Wildman–Crippen MR) is 85.5 cm³/mol. The van der Waals surface area contributed by atoms with Crippen LogP contribution in [0, 0.1) is 11.2 Å². The van der Waals surface area contributed by atoms with Crippen molar-refractivity contribution in [3.63, 3.8) is 0 Å². The molecule has 1 saturated carbocycles. The third-order valence-electron chi connectivity index (χ3n) is 4.41. The van der Waals surface area contributed by atoms with Gasteiger partial charge in [0.1, 0.15) is 11.6 Å². The van der Waals surface area contributed by atoms with Crippen LogP contribution in [0.5, 0.6) is 0 Å². The lowest BCUT2D eigenvalue weighted by atomic mass is 10.0. The molecule has 0 N–H and O–H groups in total. The van der Waals surface area contributed by atoms with E-state index >= 15 is 0 Å². The second-order valence-electron chi connectivity index (χ2n) is 6.18. The molecular weight excluding hydrogens is 310 g/mol. The summed E-state index contributed by atoms with van der Waals surface area (Å²) in [6.45, 7) is 5.01. The average molecular weight is 329 g/mol. The summed E-state index contributed by atoms with van der Waals surface area (Å²) < 4.78 is 15.8. The SMILES string of the molecule is CCCC1(Cn2c(C(C)Cl)nc3cc(F)c(Cl)cc32)CC1. The Morgan fingerprint density at radius 3 is 2.71 bits per heavy atom. The number of hydrogen-bond acceptors (Lipinski definition) is 1. The molecule has 1 aliphatic carbocycles. The van der Waals surface area contributed by atoms with E-state index in [1.54, 1.807) is 6.07 Å². The number of benzene rings is 1. The molecule has 0 bridgehead atoms. The van der Waals surface area contributed by atoms with Gasteiger partial charge in [-0.1, -0.05) is 24.9 Å². The summed E-state index contributed by atoms with van der Waals surface area (Å²) in [5, 5.41) is -0.0746. The Morgan fingerprint density at radius 1 is 1.43 bits per heavy atom. The molecule has 5 heteroatoms. The Kier molecular flexibility index (Phi) is 3.91. The predicted octanol–water partition coefficient (Wildman–Crippen LogP) is 5.71. The van der Waals surface area contributed by atoms with Crippen molar-refractivity contribution in [1.29, 1.82) is 0 Å². The highest BCUT2D eigenvalue weighted by molar-refractivity contribution is 6.31. The fourth-order valence-electron chi connectivity index (χ4n) is 3.14. The van der Waals surface area contributed by atoms with Gasteiger partial charge in [-0.05, 0) is 37.7 Å². The maximum atomic E-state index is 13.6. The van der Waals surface area contributed by atoms with E-state index in [9.17, 15) is 4.39 Å². The molecule has 1 aliphatic rings. The average Bonchev–Trinajstić information content (AvgIpc) is 3.09. The maximum absolute atomic E-state index is 13.6. The van der Waals surface area contributed by atoms with Crippen molar-refractivity contribution in [1.82, 2.24) is 9.55 Å². The Hall–Kier alpha value is -0.800. The molecule has 3 rings (SSSR count). The molecule has 1 unspecified atom stereocenters. The number of halogens is 3. The van der Waals surface area contributed by atoms with E-state index in [0.717, 1.165) is 17.9 Å². The van der Waals surface area contributed by atoms with Crippen molar-refractivity contribution in [3.8, 4) is 0 Å². The molecule has 2 aromatic rings. The van der Waals surface area contributed by atoms with E-state index in [-0.39, 0.29) is 10.4 Å². The minimum absolute atomic E-state index is 0.137. The summed E-state index contributed by atoms with van der Waals surface area (Å²) in [4.78, 5) is 4.52. The van der Waals surface area contributed by atoms with Gasteiger partial charge in [0.2, 0.25) is 0 Å². The van der Waals surface area contributed by atoms with Crippen LogP contribution in [0.25, 0.3) is 11.0 Å². The number of fused-ring (bicyclic) bond motifs is 1. The van der Waals surface area contributed by atoms with Gasteiger partial charge >= 0.3 is 0 Å². The van der Waals surface area contributed by atoms with E-state index in [0.29, 0.717) is 10.9 Å². The van der Waals surface area contributed by atoms with Crippen LogP contribution >= 0.6 is 23.2 Å². The molecule has 1 fully saturated rings. The zero-order chi connectivity index (χ0) is 15.2. The van der Waals surface area contributed by atoms with Crippen LogP contribution in [0.4, 0.5) is 4.39 Å². The van der Waals surface area contributed by atoms with Crippen LogP contribution in [0.2, 0.25) is 5.02 Å². The van der Waals surface area contributed by atoms with E-state index in [2.05, 4.69) is 16.5 Å². The number of rotatable bonds is 5. The molecule has 0 saturated heterocycles. The standard InChI is InChI=1S/C16H19Cl2FN2/c1-3-4-16(5-6-16)9-21-14-7-11(18)12(19)8-13(14)20-15(21)10(2)17/h7-8,10H,3-6,9H2,1-2H3. The molecule has 0 spiro atoms. The van der Waals surface area contributed by atoms with Gasteiger partial charge in [-0.3, -0.25) is 0 Å². The lowest BCUT2D eigenvalue weighted by Crippen LogP contribution is -2.14. The van der Waals surface area contributed by atoms with Crippen molar-refractivity contribution in [2.45, 2.75) is 51.5 Å². The Bertz CT molecular complexity index is 674. The summed E-state index contributed by atoms with van der Waals surface area (Å²) >= 11 is 12.2. The van der Waals surface area contributed by atoms with Gasteiger partial charge in [0, 0.05) is 12.6 Å². The third-order valence-corrected chi connectivity index (χ3v) is 4.89. The van der Waals surface area contributed by atoms with Crippen LogP contribution in [0.1, 0.15) is 50.7 Å². The molecular formula is C16H19Cl2FN2. The second-order valence-corrected chi connectivity index (χ2v) is 7.24. The topological polar surface area (TPSA) is 17.8 Å². The lowest BCUT2D eigenvalue weighted by Gasteiger charge is -2.18. The molecule has 1 aromatic carbocycles. The summed E-state index contributed by atoms with van der Waals surface area (Å²) in [6.07, 6.45) is 4.86. The molecule has 1 atom stereocenters. The number of alkyl halides is 1. The zero-order valence-corrected chi connectivity index (χ0v) is 13.8. The summed E-state index contributed by atoms with van der Waals surface area (Å²) in [6, 6.07) is 3.07. The highest BCUT2D eigenvalue weighted by Crippen LogP contribution is 2.51. The Labute approximate surface area is 134 Å². The first-order valence-electron chi connectivity index (χ1n) is 7.45. The molecule has 0 aliphatic heterocycles. The maximum Gasteiger partial charge on any atom is 0.144 e. The van der Waals surface area contributed by atoms with Crippen molar-refractivity contribution >= 4 is 34.2 Å². The summed E-state index contributed by atoms with van der Waals surface area (Å²) in [5.41, 5.74) is 1.88. The molecule has 1 heterocycles. The van der Waals surface area contributed by atoms with Crippen LogP contribution in [-0.4, -0.2) is 9.55 Å². The smallest absolute Gasteiger partial charge is 0.144 e. The van der Waals surface area contributed by atoms with Crippen molar-refractivity contribution in [2.24, 2.45) is 5.41 Å². The first-order chi connectivity index (χ1) is 9.96. The van der Waals surface area contributed by atoms with Crippen LogP contribution in [-0.2, 0) is 6.54 Å². The van der Waals surface area contributed by atoms with Gasteiger partial charge in [-0.25, -0.2) is 9.37 Å². The zero-order valence-electron chi connectivity index (χ0n) is 12.3. The minimum atomic E-state index is -0.433. The first kappa shape index (κ1) is 15.1. The van der Waals surface area contributed by atoms with Gasteiger partial charge in [0.25, 0.3) is 0 Å². The van der Waals surface area contributed by atoms with Crippen molar-refractivity contribution in [3.05, 3.63) is 28.8 Å². The highest BCUT2D eigenvalue weighted by atomic mass is 35.5. The molecule has 1 aromatic heterocycles. The van der Waals surface area contributed by atoms with Gasteiger partial charge < -0.3 is 4.57 Å². The van der Waals surface area contributed by atoms with Gasteiger partial charge in [0.05, 0.1) is 21.4 Å². The van der Waals surface area contributed by atoms with E-state index in [1.807, 2.05) is 6.92 Å². The van der Waals surface area contributed by atoms with Gasteiger partial charge in [-0.15, -0.1) is 11.6 Å². The minimum Gasteiger partial charge on any atom is -0.326 e. The number of nitrogens with zero attached hydrogens (tertiary/aromatic N) is 2. The molecule has 0 amide bonds. The van der Waals surface area contributed by atoms with Crippen molar-refractivity contribution in [2.75, 3.05) is 0 Å². The van der Waals surface area contributed by atoms with Crippen LogP contribution < -0.4 is 0 Å². The summed E-state index contributed by atoms with van der Waals surface area (Å²) in [5.74, 6) is 0.369. The van der Waals surface area contributed by atoms with Crippen LogP contribution in [0.3, 0.4) is 0 Å². The quantitative estimate of drug-likeness (QED) is 0.643. The molecule has 0 radical (unpaired) electrons. The number of imidazole rings is 1. The molecule has 21 heavy (non-hydrogen) atoms. The third kappa shape index (κ3) is 2.78. The van der Waals surface area contributed by atoms with Crippen molar-refractivity contribution < 1.29 is 4.39 Å². The Balaban J connectivity index is 2.10. The fourth-order valence-corrected chi connectivity index (χ4v) is 3.46. The van der Waals surface area contributed by atoms with Gasteiger partial charge in [0.15, 0.2) is 0 Å². The highest BCUT2D eigenvalue weighted by Gasteiger charge is 2.42. The second kappa shape index (κ2) is 5.44. The monoisotopic (exact) mass is 328 g/mol. The first-order valence-corrected chi connectivity index (χ1v) is 8.26. The van der Waals surface area contributed by atoms with E-state index in [4.69, 9.17) is 23.2 Å².